The second-order valence-electron chi connectivity index (χ2n) is 1.86. The fraction of sp³-hybridized carbons (Fsp3) is 0.571. The van der Waals surface area contributed by atoms with Gasteiger partial charge in [-0.2, -0.15) is 0 Å². The Morgan fingerprint density at radius 1 is 1.70 bits per heavy atom. The summed E-state index contributed by atoms with van der Waals surface area (Å²) >= 11 is 0. The molecule has 10 heavy (non-hydrogen) atoms. The zero-order valence-electron chi connectivity index (χ0n) is 6.26. The molecule has 0 aliphatic carbocycles. The fourth-order valence-electron chi connectivity index (χ4n) is 0.562. The van der Waals surface area contributed by atoms with Crippen LogP contribution in [-0.4, -0.2) is 17.9 Å². The van der Waals surface area contributed by atoms with Crippen LogP contribution in [0, 0.1) is 0 Å². The first kappa shape index (κ1) is 9.17. The van der Waals surface area contributed by atoms with E-state index in [0.717, 1.165) is 6.42 Å². The largest absolute Gasteiger partial charge is 0.435 e. The summed E-state index contributed by atoms with van der Waals surface area (Å²) in [5, 5.41) is 8.18. The highest BCUT2D eigenvalue weighted by atomic mass is 16.6. The van der Waals surface area contributed by atoms with Gasteiger partial charge >= 0.3 is 5.97 Å². The Balaban J connectivity index is 3.82. The molecule has 0 amide bonds. The van der Waals surface area contributed by atoms with E-state index in [0.29, 0.717) is 5.57 Å². The highest BCUT2D eigenvalue weighted by Crippen LogP contribution is 1.97. The van der Waals surface area contributed by atoms with Gasteiger partial charge in [-0.15, -0.1) is 0 Å². The topological polar surface area (TPSA) is 46.5 Å². The van der Waals surface area contributed by atoms with Gasteiger partial charge < -0.3 is 9.84 Å². The first-order valence-electron chi connectivity index (χ1n) is 3.17. The minimum absolute atomic E-state index is 0.454. The molecule has 0 aliphatic heterocycles. The van der Waals surface area contributed by atoms with E-state index >= 15 is 0 Å². The molecular formula is C7H12O3. The van der Waals surface area contributed by atoms with E-state index in [2.05, 4.69) is 4.74 Å². The van der Waals surface area contributed by atoms with Crippen LogP contribution >= 0.6 is 0 Å². The Kier molecular flexibility index (Phi) is 4.58. The number of hydrogen-bond donors (Lipinski definition) is 1. The molecule has 0 spiro atoms. The first-order valence-corrected chi connectivity index (χ1v) is 3.17. The number of carbonyl (C=O) groups excluding carboxylic acids is 1. The Morgan fingerprint density at radius 2 is 2.30 bits per heavy atom. The van der Waals surface area contributed by atoms with Crippen LogP contribution in [0.5, 0.6) is 0 Å². The lowest BCUT2D eigenvalue weighted by molar-refractivity contribution is -0.146. The number of hydrogen-bond acceptors (Lipinski definition) is 3. The minimum Gasteiger partial charge on any atom is -0.435 e. The van der Waals surface area contributed by atoms with Gasteiger partial charge in [0.25, 0.3) is 0 Å². The van der Waals surface area contributed by atoms with E-state index in [4.69, 9.17) is 5.11 Å². The summed E-state index contributed by atoms with van der Waals surface area (Å²) in [6.45, 7) is 3.03. The molecule has 0 rings (SSSR count). The molecular weight excluding hydrogens is 132 g/mol. The van der Waals surface area contributed by atoms with Gasteiger partial charge in [0.15, 0.2) is 6.79 Å². The van der Waals surface area contributed by atoms with Crippen molar-refractivity contribution in [2.75, 3.05) is 6.79 Å². The van der Waals surface area contributed by atoms with Crippen LogP contribution in [0.3, 0.4) is 0 Å². The second kappa shape index (κ2) is 4.99. The average molecular weight is 144 g/mol. The summed E-state index contributed by atoms with van der Waals surface area (Å²) in [6, 6.07) is 0. The van der Waals surface area contributed by atoms with Crippen molar-refractivity contribution in [2.24, 2.45) is 0 Å². The van der Waals surface area contributed by atoms with Crippen molar-refractivity contribution in [3.8, 4) is 0 Å². The molecule has 58 valence electrons. The zero-order valence-corrected chi connectivity index (χ0v) is 6.26. The summed E-state index contributed by atoms with van der Waals surface area (Å²) in [4.78, 5) is 10.7. The maximum Gasteiger partial charge on any atom is 0.335 e. The van der Waals surface area contributed by atoms with Crippen LogP contribution in [0.15, 0.2) is 11.6 Å². The lowest BCUT2D eigenvalue weighted by atomic mass is 10.2. The van der Waals surface area contributed by atoms with Crippen LogP contribution in [0.2, 0.25) is 0 Å². The summed E-state index contributed by atoms with van der Waals surface area (Å²) < 4.78 is 4.30. The van der Waals surface area contributed by atoms with Gasteiger partial charge in [-0.3, -0.25) is 0 Å². The summed E-state index contributed by atoms with van der Waals surface area (Å²) in [6.07, 6.45) is 2.55. The molecule has 0 bridgehead atoms. The first-order chi connectivity index (χ1) is 4.72. The van der Waals surface area contributed by atoms with E-state index in [1.54, 1.807) is 13.0 Å². The van der Waals surface area contributed by atoms with E-state index in [9.17, 15) is 4.79 Å². The van der Waals surface area contributed by atoms with Crippen molar-refractivity contribution >= 4 is 5.97 Å². The summed E-state index contributed by atoms with van der Waals surface area (Å²) in [5.74, 6) is -0.454. The molecule has 0 aromatic carbocycles. The third-order valence-electron chi connectivity index (χ3n) is 1.03. The molecule has 0 aromatic heterocycles. The molecule has 0 saturated carbocycles. The third kappa shape index (κ3) is 3.25. The van der Waals surface area contributed by atoms with Gasteiger partial charge in [0.05, 0.1) is 0 Å². The molecule has 0 radical (unpaired) electrons. The maximum absolute atomic E-state index is 10.7. The minimum atomic E-state index is -0.548. The molecule has 3 heteroatoms. The normalized spacial score (nSPS) is 11.3. The van der Waals surface area contributed by atoms with Crippen LogP contribution in [-0.2, 0) is 9.53 Å². The van der Waals surface area contributed by atoms with Crippen LogP contribution < -0.4 is 0 Å². The van der Waals surface area contributed by atoms with Gasteiger partial charge in [0.1, 0.15) is 0 Å². The molecule has 3 nitrogen and oxygen atoms in total. The van der Waals surface area contributed by atoms with Crippen molar-refractivity contribution in [1.82, 2.24) is 0 Å². The van der Waals surface area contributed by atoms with Crippen LogP contribution in [0.4, 0.5) is 0 Å². The van der Waals surface area contributed by atoms with Gasteiger partial charge in [-0.1, -0.05) is 13.0 Å². The lowest BCUT2D eigenvalue weighted by Gasteiger charge is -1.98. The quantitative estimate of drug-likeness (QED) is 0.362. The van der Waals surface area contributed by atoms with E-state index in [-0.39, 0.29) is 0 Å². The average Bonchev–Trinajstić information content (AvgIpc) is 1.89. The number of carbonyl (C=O) groups is 1. The molecule has 0 heterocycles. The lowest BCUT2D eigenvalue weighted by Crippen LogP contribution is -2.06. The van der Waals surface area contributed by atoms with E-state index in [1.165, 1.54) is 0 Å². The predicted octanol–water partition coefficient (Wildman–Crippen LogP) is 0.836. The fourth-order valence-corrected chi connectivity index (χ4v) is 0.562. The van der Waals surface area contributed by atoms with Crippen LogP contribution in [0.1, 0.15) is 20.3 Å². The summed E-state index contributed by atoms with van der Waals surface area (Å²) in [5.41, 5.74) is 0.538. The van der Waals surface area contributed by atoms with E-state index < -0.39 is 12.8 Å². The highest BCUT2D eigenvalue weighted by Gasteiger charge is 2.01. The highest BCUT2D eigenvalue weighted by molar-refractivity contribution is 5.87. The standard InChI is InChI=1S/C7H12O3/c1-3-4-6(2)7(9)10-5-8/h4,8H,3,5H2,1-2H3. The number of rotatable bonds is 3. The van der Waals surface area contributed by atoms with Crippen molar-refractivity contribution < 1.29 is 14.6 Å². The van der Waals surface area contributed by atoms with Crippen molar-refractivity contribution in [3.05, 3.63) is 11.6 Å². The zero-order chi connectivity index (χ0) is 7.98. The Labute approximate surface area is 60.3 Å². The number of ether oxygens (including phenoxy) is 1. The number of aliphatic hydroxyl groups is 1. The Bertz CT molecular complexity index is 138. The molecule has 0 aromatic rings. The number of allylic oxidation sites excluding steroid dienone is 1. The van der Waals surface area contributed by atoms with Crippen molar-refractivity contribution in [3.63, 3.8) is 0 Å². The number of esters is 1. The van der Waals surface area contributed by atoms with Crippen molar-refractivity contribution in [1.29, 1.82) is 0 Å². The van der Waals surface area contributed by atoms with E-state index in [1.807, 2.05) is 6.92 Å². The van der Waals surface area contributed by atoms with Crippen LogP contribution in [0.25, 0.3) is 0 Å². The van der Waals surface area contributed by atoms with Gasteiger partial charge in [0, 0.05) is 5.57 Å². The summed E-state index contributed by atoms with van der Waals surface area (Å²) in [7, 11) is 0. The number of aliphatic hydroxyl groups excluding tert-OH is 1. The predicted molar refractivity (Wildman–Crippen MR) is 37.2 cm³/mol. The van der Waals surface area contributed by atoms with Gasteiger partial charge in [-0.25, -0.2) is 4.79 Å². The van der Waals surface area contributed by atoms with Gasteiger partial charge in [-0.05, 0) is 13.3 Å². The molecule has 1 N–H and O–H groups in total. The van der Waals surface area contributed by atoms with Crippen molar-refractivity contribution in [2.45, 2.75) is 20.3 Å². The molecule has 0 fully saturated rings. The molecule has 0 saturated heterocycles. The molecule has 0 atom stereocenters. The SMILES string of the molecule is CCC=C(C)C(=O)OCO. The molecule has 0 aliphatic rings. The maximum atomic E-state index is 10.7. The monoisotopic (exact) mass is 144 g/mol. The third-order valence-corrected chi connectivity index (χ3v) is 1.03. The molecule has 0 unspecified atom stereocenters. The Morgan fingerprint density at radius 3 is 2.70 bits per heavy atom. The second-order valence-corrected chi connectivity index (χ2v) is 1.86. The smallest absolute Gasteiger partial charge is 0.335 e. The van der Waals surface area contributed by atoms with Gasteiger partial charge in [0.2, 0.25) is 0 Å². The Hall–Kier alpha value is -0.830.